The van der Waals surface area contributed by atoms with E-state index >= 15 is 0 Å². The van der Waals surface area contributed by atoms with Crippen LogP contribution in [0.15, 0.2) is 24.7 Å². The summed E-state index contributed by atoms with van der Waals surface area (Å²) < 4.78 is 12.8. The van der Waals surface area contributed by atoms with Crippen LogP contribution in [0.3, 0.4) is 0 Å². The number of fused-ring (bicyclic) bond motifs is 1. The Balaban J connectivity index is 1.79. The molecule has 1 aliphatic heterocycles. The third-order valence-electron chi connectivity index (χ3n) is 4.71. The van der Waals surface area contributed by atoms with E-state index in [0.29, 0.717) is 5.52 Å². The number of nitrogens with one attached hydrogen (secondary N) is 1. The normalized spacial score (nSPS) is 17.8. The summed E-state index contributed by atoms with van der Waals surface area (Å²) in [6.45, 7) is 6.21. The Bertz CT molecular complexity index is 1010. The second-order valence-electron chi connectivity index (χ2n) is 7.93. The van der Waals surface area contributed by atoms with E-state index in [0.717, 1.165) is 48.1 Å². The Morgan fingerprint density at radius 1 is 1.36 bits per heavy atom. The van der Waals surface area contributed by atoms with Crippen molar-refractivity contribution in [1.29, 1.82) is 0 Å². The smallest absolute Gasteiger partial charge is 0.419 e. The quantitative estimate of drug-likeness (QED) is 0.602. The molecular formula is C20H23ClN4O3. The van der Waals surface area contributed by atoms with E-state index in [1.165, 1.54) is 4.57 Å². The van der Waals surface area contributed by atoms with Crippen LogP contribution in [-0.2, 0) is 9.47 Å². The second kappa shape index (κ2) is 7.22. The van der Waals surface area contributed by atoms with Gasteiger partial charge in [-0.15, -0.1) is 0 Å². The summed E-state index contributed by atoms with van der Waals surface area (Å²) in [5.74, 6) is 0. The summed E-state index contributed by atoms with van der Waals surface area (Å²) in [6.07, 6.45) is 7.78. The van der Waals surface area contributed by atoms with Crippen LogP contribution in [0.2, 0.25) is 5.15 Å². The van der Waals surface area contributed by atoms with Crippen molar-refractivity contribution in [2.45, 2.75) is 51.7 Å². The molecule has 3 aromatic rings. The van der Waals surface area contributed by atoms with E-state index in [2.05, 4.69) is 15.2 Å². The number of hydrogen-bond donors (Lipinski definition) is 1. The monoisotopic (exact) mass is 402 g/mol. The molecular weight excluding hydrogens is 380 g/mol. The summed E-state index contributed by atoms with van der Waals surface area (Å²) >= 11 is 6.35. The third kappa shape index (κ3) is 3.52. The largest absolute Gasteiger partial charge is 0.443 e. The standard InChI is InChI=1S/C20H23ClN4O3/c1-20(2,3)28-19(26)25-8-7-12-13(10-22-18(21)17(12)25)14-11-23-24-16(14)15-6-4-5-9-27-15/h7-8,10-11,15H,4-6,9H2,1-3H3,(H,23,24)/t15-/m0/s1. The van der Waals surface area contributed by atoms with Gasteiger partial charge >= 0.3 is 6.09 Å². The van der Waals surface area contributed by atoms with Crippen LogP contribution in [-0.4, -0.2) is 38.0 Å². The number of ether oxygens (including phenoxy) is 2. The molecule has 0 radical (unpaired) electrons. The number of hydrogen-bond acceptors (Lipinski definition) is 5. The highest BCUT2D eigenvalue weighted by atomic mass is 35.5. The second-order valence-corrected chi connectivity index (χ2v) is 8.29. The number of halogens is 1. The number of H-pyrrole nitrogens is 1. The van der Waals surface area contributed by atoms with Crippen molar-refractivity contribution in [1.82, 2.24) is 19.7 Å². The van der Waals surface area contributed by atoms with Crippen molar-refractivity contribution >= 4 is 28.6 Å². The van der Waals surface area contributed by atoms with Gasteiger partial charge in [0, 0.05) is 41.7 Å². The molecule has 1 atom stereocenters. The zero-order chi connectivity index (χ0) is 19.9. The topological polar surface area (TPSA) is 82.0 Å². The summed E-state index contributed by atoms with van der Waals surface area (Å²) in [7, 11) is 0. The zero-order valence-corrected chi connectivity index (χ0v) is 16.9. The number of aromatic amines is 1. The van der Waals surface area contributed by atoms with Crippen LogP contribution in [0.4, 0.5) is 4.79 Å². The molecule has 1 saturated heterocycles. The summed E-state index contributed by atoms with van der Waals surface area (Å²) in [5.41, 5.74) is 2.52. The Labute approximate surface area is 168 Å². The Morgan fingerprint density at radius 2 is 2.18 bits per heavy atom. The minimum absolute atomic E-state index is 0.0475. The van der Waals surface area contributed by atoms with Gasteiger partial charge in [0.25, 0.3) is 0 Å². The lowest BCUT2D eigenvalue weighted by molar-refractivity contribution is 0.0126. The SMILES string of the molecule is CC(C)(C)OC(=O)n1ccc2c(-c3c[nH]nc3[C@@H]3CCCCO3)cnc(Cl)c21. The molecule has 8 heteroatoms. The number of aromatic nitrogens is 4. The lowest BCUT2D eigenvalue weighted by atomic mass is 9.98. The number of carbonyl (C=O) groups is 1. The molecule has 0 amide bonds. The van der Waals surface area contributed by atoms with Crippen LogP contribution in [0, 0.1) is 0 Å². The summed E-state index contributed by atoms with van der Waals surface area (Å²) in [6, 6.07) is 1.85. The van der Waals surface area contributed by atoms with Crippen LogP contribution in [0.5, 0.6) is 0 Å². The van der Waals surface area contributed by atoms with Gasteiger partial charge in [-0.3, -0.25) is 5.10 Å². The molecule has 0 spiro atoms. The molecule has 28 heavy (non-hydrogen) atoms. The fraction of sp³-hybridized carbons (Fsp3) is 0.450. The van der Waals surface area contributed by atoms with Crippen LogP contribution >= 0.6 is 11.6 Å². The molecule has 3 aromatic heterocycles. The minimum atomic E-state index is -0.610. The highest BCUT2D eigenvalue weighted by molar-refractivity contribution is 6.34. The Kier molecular flexibility index (Phi) is 4.89. The van der Waals surface area contributed by atoms with Gasteiger partial charge in [0.1, 0.15) is 11.7 Å². The molecule has 7 nitrogen and oxygen atoms in total. The lowest BCUT2D eigenvalue weighted by Crippen LogP contribution is -2.26. The minimum Gasteiger partial charge on any atom is -0.443 e. The zero-order valence-electron chi connectivity index (χ0n) is 16.2. The van der Waals surface area contributed by atoms with Gasteiger partial charge in [-0.2, -0.15) is 5.10 Å². The van der Waals surface area contributed by atoms with Gasteiger partial charge in [0.15, 0.2) is 5.15 Å². The molecule has 0 bridgehead atoms. The number of pyridine rings is 1. The fourth-order valence-electron chi connectivity index (χ4n) is 3.51. The van der Waals surface area contributed by atoms with Crippen molar-refractivity contribution in [3.8, 4) is 11.1 Å². The fourth-order valence-corrected chi connectivity index (χ4v) is 3.75. The lowest BCUT2D eigenvalue weighted by Gasteiger charge is -2.22. The molecule has 0 aromatic carbocycles. The molecule has 148 valence electrons. The summed E-state index contributed by atoms with van der Waals surface area (Å²) in [4.78, 5) is 16.9. The number of carbonyl (C=O) groups excluding carboxylic acids is 1. The van der Waals surface area contributed by atoms with Crippen molar-refractivity contribution in [2.24, 2.45) is 0 Å². The molecule has 1 fully saturated rings. The highest BCUT2D eigenvalue weighted by Gasteiger charge is 2.26. The van der Waals surface area contributed by atoms with E-state index in [1.807, 2.05) is 33.0 Å². The van der Waals surface area contributed by atoms with Crippen LogP contribution < -0.4 is 0 Å². The van der Waals surface area contributed by atoms with Gasteiger partial charge in [-0.1, -0.05) is 11.6 Å². The van der Waals surface area contributed by atoms with E-state index in [9.17, 15) is 4.79 Å². The molecule has 0 unspecified atom stereocenters. The Hall–Kier alpha value is -2.38. The molecule has 0 saturated carbocycles. The van der Waals surface area contributed by atoms with Crippen molar-refractivity contribution < 1.29 is 14.3 Å². The predicted octanol–water partition coefficient (Wildman–Crippen LogP) is 5.10. The first-order valence-electron chi connectivity index (χ1n) is 9.40. The number of rotatable bonds is 2. The average molecular weight is 403 g/mol. The molecule has 0 aliphatic carbocycles. The first kappa shape index (κ1) is 19.0. The summed E-state index contributed by atoms with van der Waals surface area (Å²) in [5, 5.41) is 8.43. The first-order chi connectivity index (χ1) is 13.3. The van der Waals surface area contributed by atoms with E-state index in [4.69, 9.17) is 21.1 Å². The van der Waals surface area contributed by atoms with Gasteiger partial charge in [-0.05, 0) is 46.1 Å². The maximum absolute atomic E-state index is 12.6. The third-order valence-corrected chi connectivity index (χ3v) is 4.99. The van der Waals surface area contributed by atoms with Crippen molar-refractivity contribution in [2.75, 3.05) is 6.61 Å². The number of nitrogens with zero attached hydrogens (tertiary/aromatic N) is 3. The Morgan fingerprint density at radius 3 is 2.89 bits per heavy atom. The molecule has 1 N–H and O–H groups in total. The molecule has 1 aliphatic rings. The van der Waals surface area contributed by atoms with E-state index < -0.39 is 11.7 Å². The highest BCUT2D eigenvalue weighted by Crippen LogP contribution is 2.38. The maximum atomic E-state index is 12.6. The predicted molar refractivity (Wildman–Crippen MR) is 107 cm³/mol. The van der Waals surface area contributed by atoms with Gasteiger partial charge < -0.3 is 9.47 Å². The maximum Gasteiger partial charge on any atom is 0.419 e. The molecule has 4 rings (SSSR count). The van der Waals surface area contributed by atoms with Gasteiger partial charge in [-0.25, -0.2) is 14.3 Å². The van der Waals surface area contributed by atoms with Gasteiger partial charge in [0.2, 0.25) is 0 Å². The van der Waals surface area contributed by atoms with Crippen molar-refractivity contribution in [3.05, 3.63) is 35.5 Å². The average Bonchev–Trinajstić information content (AvgIpc) is 3.29. The molecule has 4 heterocycles. The van der Waals surface area contributed by atoms with E-state index in [-0.39, 0.29) is 11.3 Å². The van der Waals surface area contributed by atoms with Crippen molar-refractivity contribution in [3.63, 3.8) is 0 Å². The van der Waals surface area contributed by atoms with Gasteiger partial charge in [0.05, 0.1) is 11.2 Å². The van der Waals surface area contributed by atoms with E-state index in [1.54, 1.807) is 12.4 Å². The van der Waals surface area contributed by atoms with Crippen LogP contribution in [0.1, 0.15) is 51.8 Å². The van der Waals surface area contributed by atoms with Crippen LogP contribution in [0.25, 0.3) is 22.0 Å². The first-order valence-corrected chi connectivity index (χ1v) is 9.77.